The quantitative estimate of drug-likeness (QED) is 0.554. The zero-order valence-corrected chi connectivity index (χ0v) is 15.6. The van der Waals surface area contributed by atoms with Crippen molar-refractivity contribution in [2.24, 2.45) is 7.05 Å². The summed E-state index contributed by atoms with van der Waals surface area (Å²) in [6.07, 6.45) is 4.15. The minimum absolute atomic E-state index is 0.0578. The lowest BCUT2D eigenvalue weighted by atomic mass is 9.86. The normalized spacial score (nSPS) is 16.3. The highest BCUT2D eigenvalue weighted by Gasteiger charge is 2.30. The molecule has 0 aliphatic carbocycles. The van der Waals surface area contributed by atoms with Gasteiger partial charge in [-0.2, -0.15) is 5.10 Å². The van der Waals surface area contributed by atoms with Gasteiger partial charge in [-0.15, -0.1) is 0 Å². The molecule has 1 aliphatic heterocycles. The number of rotatable bonds is 3. The second-order valence-corrected chi connectivity index (χ2v) is 7.28. The van der Waals surface area contributed by atoms with Gasteiger partial charge < -0.3 is 9.42 Å². The molecular formula is C22H20N4O2. The third-order valence-electron chi connectivity index (χ3n) is 5.45. The van der Waals surface area contributed by atoms with E-state index in [1.807, 2.05) is 54.7 Å². The first kappa shape index (κ1) is 16.7. The van der Waals surface area contributed by atoms with E-state index in [1.165, 1.54) is 11.1 Å². The van der Waals surface area contributed by atoms with Crippen LogP contribution in [0.25, 0.3) is 11.0 Å². The van der Waals surface area contributed by atoms with Gasteiger partial charge in [-0.25, -0.2) is 0 Å². The number of nitrogens with zero attached hydrogens (tertiary/aromatic N) is 4. The van der Waals surface area contributed by atoms with Crippen LogP contribution in [0.4, 0.5) is 0 Å². The number of amides is 1. The fraction of sp³-hybridized carbons (Fsp3) is 0.227. The van der Waals surface area contributed by atoms with E-state index in [4.69, 9.17) is 4.52 Å². The molecule has 2 aromatic heterocycles. The Morgan fingerprint density at radius 2 is 2.00 bits per heavy atom. The van der Waals surface area contributed by atoms with Gasteiger partial charge in [0.15, 0.2) is 5.58 Å². The van der Waals surface area contributed by atoms with Crippen LogP contribution in [0.2, 0.25) is 0 Å². The maximum Gasteiger partial charge on any atom is 0.229 e. The molecule has 0 saturated heterocycles. The van der Waals surface area contributed by atoms with Crippen molar-refractivity contribution in [1.82, 2.24) is 19.8 Å². The van der Waals surface area contributed by atoms with Crippen LogP contribution in [-0.4, -0.2) is 32.3 Å². The van der Waals surface area contributed by atoms with Crippen molar-refractivity contribution < 1.29 is 9.32 Å². The fourth-order valence-electron chi connectivity index (χ4n) is 4.02. The predicted octanol–water partition coefficient (Wildman–Crippen LogP) is 3.28. The third kappa shape index (κ3) is 2.87. The van der Waals surface area contributed by atoms with E-state index in [-0.39, 0.29) is 18.2 Å². The first-order valence-electron chi connectivity index (χ1n) is 9.36. The lowest BCUT2D eigenvalue weighted by molar-refractivity contribution is -0.131. The minimum Gasteiger partial charge on any atom is -0.356 e. The van der Waals surface area contributed by atoms with E-state index in [0.717, 1.165) is 10.9 Å². The van der Waals surface area contributed by atoms with Gasteiger partial charge in [0.1, 0.15) is 5.69 Å². The Balaban J connectivity index is 1.45. The van der Waals surface area contributed by atoms with Crippen LogP contribution in [0.15, 0.2) is 65.4 Å². The zero-order chi connectivity index (χ0) is 19.1. The van der Waals surface area contributed by atoms with E-state index in [0.29, 0.717) is 24.4 Å². The van der Waals surface area contributed by atoms with Crippen LogP contribution < -0.4 is 0 Å². The minimum atomic E-state index is 0.0578. The lowest BCUT2D eigenvalue weighted by Gasteiger charge is -2.34. The molecule has 6 nitrogen and oxygen atoms in total. The summed E-state index contributed by atoms with van der Waals surface area (Å²) >= 11 is 0. The summed E-state index contributed by atoms with van der Waals surface area (Å²) in [5.41, 5.74) is 4.98. The molecular weight excluding hydrogens is 352 g/mol. The number of benzene rings is 2. The smallest absolute Gasteiger partial charge is 0.229 e. The maximum absolute atomic E-state index is 13.1. The van der Waals surface area contributed by atoms with E-state index in [2.05, 4.69) is 28.5 Å². The summed E-state index contributed by atoms with van der Waals surface area (Å²) in [7, 11) is 1.91. The highest BCUT2D eigenvalue weighted by molar-refractivity contribution is 5.86. The van der Waals surface area contributed by atoms with Crippen LogP contribution in [-0.2, 0) is 24.8 Å². The van der Waals surface area contributed by atoms with Crippen molar-refractivity contribution in [2.45, 2.75) is 18.9 Å². The Morgan fingerprint density at radius 3 is 2.86 bits per heavy atom. The summed E-state index contributed by atoms with van der Waals surface area (Å²) in [5, 5.41) is 9.34. The molecule has 140 valence electrons. The van der Waals surface area contributed by atoms with Gasteiger partial charge in [0, 0.05) is 37.6 Å². The van der Waals surface area contributed by atoms with E-state index in [1.54, 1.807) is 4.68 Å². The van der Waals surface area contributed by atoms with E-state index < -0.39 is 0 Å². The van der Waals surface area contributed by atoms with Crippen LogP contribution in [0, 0.1) is 0 Å². The van der Waals surface area contributed by atoms with Crippen molar-refractivity contribution in [3.63, 3.8) is 0 Å². The molecule has 3 heterocycles. The van der Waals surface area contributed by atoms with Crippen LogP contribution >= 0.6 is 0 Å². The molecule has 0 fully saturated rings. The largest absolute Gasteiger partial charge is 0.356 e. The number of hydrogen-bond acceptors (Lipinski definition) is 4. The first-order chi connectivity index (χ1) is 13.7. The average molecular weight is 372 g/mol. The Morgan fingerprint density at radius 1 is 1.18 bits per heavy atom. The Bertz CT molecular complexity index is 1160. The van der Waals surface area contributed by atoms with Crippen molar-refractivity contribution in [3.05, 3.63) is 83.3 Å². The van der Waals surface area contributed by atoms with Crippen LogP contribution in [0.3, 0.4) is 0 Å². The number of fused-ring (bicyclic) bond motifs is 2. The predicted molar refractivity (Wildman–Crippen MR) is 105 cm³/mol. The monoisotopic (exact) mass is 372 g/mol. The number of aryl methyl sites for hydroxylation is 1. The molecule has 0 N–H and O–H groups in total. The van der Waals surface area contributed by atoms with Crippen molar-refractivity contribution in [2.75, 3.05) is 6.54 Å². The van der Waals surface area contributed by atoms with Crippen molar-refractivity contribution in [3.8, 4) is 0 Å². The maximum atomic E-state index is 13.1. The molecule has 0 bridgehead atoms. The molecule has 6 heteroatoms. The standard InChI is InChI=1S/C22H20N4O2/c1-25-12-16(11-23-25)19-14-26(13-15-6-2-3-7-17(15)19)22(27)10-20-18-8-4-5-9-21(18)28-24-20/h2-9,11-12,19H,10,13-14H2,1H3. The second-order valence-electron chi connectivity index (χ2n) is 7.28. The van der Waals surface area contributed by atoms with Gasteiger partial charge in [-0.3, -0.25) is 9.48 Å². The van der Waals surface area contributed by atoms with Crippen molar-refractivity contribution >= 4 is 16.9 Å². The van der Waals surface area contributed by atoms with Crippen LogP contribution in [0.5, 0.6) is 0 Å². The third-order valence-corrected chi connectivity index (χ3v) is 5.45. The van der Waals surface area contributed by atoms with E-state index in [9.17, 15) is 4.79 Å². The molecule has 1 amide bonds. The van der Waals surface area contributed by atoms with Gasteiger partial charge in [-0.1, -0.05) is 41.6 Å². The summed E-state index contributed by atoms with van der Waals surface area (Å²) in [6.45, 7) is 1.25. The zero-order valence-electron chi connectivity index (χ0n) is 15.6. The van der Waals surface area contributed by atoms with Crippen molar-refractivity contribution in [1.29, 1.82) is 0 Å². The average Bonchev–Trinajstić information content (AvgIpc) is 3.33. The number of carbonyl (C=O) groups is 1. The summed E-state index contributed by atoms with van der Waals surface area (Å²) in [4.78, 5) is 15.0. The van der Waals surface area contributed by atoms with E-state index >= 15 is 0 Å². The van der Waals surface area contributed by atoms with Gasteiger partial charge in [0.2, 0.25) is 5.91 Å². The molecule has 1 aliphatic rings. The molecule has 28 heavy (non-hydrogen) atoms. The molecule has 2 aromatic carbocycles. The van der Waals surface area contributed by atoms with Gasteiger partial charge in [0.05, 0.1) is 12.6 Å². The first-order valence-corrected chi connectivity index (χ1v) is 9.36. The Labute approximate surface area is 162 Å². The molecule has 5 rings (SSSR count). The SMILES string of the molecule is Cn1cc(C2CN(C(=O)Cc3noc4ccccc34)Cc3ccccc32)cn1. The number of carbonyl (C=O) groups excluding carboxylic acids is 1. The number of para-hydroxylation sites is 1. The molecule has 0 saturated carbocycles. The Kier molecular flexibility index (Phi) is 3.97. The fourth-order valence-corrected chi connectivity index (χ4v) is 4.02. The highest BCUT2D eigenvalue weighted by atomic mass is 16.5. The summed E-state index contributed by atoms with van der Waals surface area (Å²) in [5.74, 6) is 0.180. The van der Waals surface area contributed by atoms with Crippen LogP contribution in [0.1, 0.15) is 28.3 Å². The molecule has 1 unspecified atom stereocenters. The second kappa shape index (κ2) is 6.64. The van der Waals surface area contributed by atoms with Gasteiger partial charge in [0.25, 0.3) is 0 Å². The van der Waals surface area contributed by atoms with Gasteiger partial charge >= 0.3 is 0 Å². The Hall–Kier alpha value is -3.41. The number of aromatic nitrogens is 3. The molecule has 1 atom stereocenters. The molecule has 0 radical (unpaired) electrons. The lowest BCUT2D eigenvalue weighted by Crippen LogP contribution is -2.39. The summed E-state index contributed by atoms with van der Waals surface area (Å²) in [6, 6.07) is 16.0. The summed E-state index contributed by atoms with van der Waals surface area (Å²) < 4.78 is 7.16. The number of hydrogen-bond donors (Lipinski definition) is 0. The topological polar surface area (TPSA) is 64.2 Å². The molecule has 4 aromatic rings. The van der Waals surface area contributed by atoms with Gasteiger partial charge in [-0.05, 0) is 28.8 Å². The highest BCUT2D eigenvalue weighted by Crippen LogP contribution is 2.33. The molecule has 0 spiro atoms.